The monoisotopic (exact) mass is 347 g/mol. The summed E-state index contributed by atoms with van der Waals surface area (Å²) >= 11 is 11.7. The van der Waals surface area contributed by atoms with Gasteiger partial charge in [0.1, 0.15) is 0 Å². The first-order chi connectivity index (χ1) is 10.4. The number of benzene rings is 1. The lowest BCUT2D eigenvalue weighted by atomic mass is 10.2. The molecule has 0 aliphatic carbocycles. The first-order valence-electron chi connectivity index (χ1n) is 5.89. The molecule has 0 bridgehead atoms. The molecule has 0 aliphatic rings. The Hall–Kier alpha value is -1.96. The Balaban J connectivity index is 2.19. The van der Waals surface area contributed by atoms with Crippen molar-refractivity contribution in [3.8, 4) is 0 Å². The third-order valence-corrected chi connectivity index (χ3v) is 3.14. The van der Waals surface area contributed by atoms with E-state index in [-0.39, 0.29) is 27.0 Å². The van der Waals surface area contributed by atoms with Crippen molar-refractivity contribution in [3.05, 3.63) is 51.8 Å². The average molecular weight is 348 g/mol. The smallest absolute Gasteiger partial charge is 0.323 e. The number of carbonyl (C=O) groups excluding carboxylic acids is 1. The highest BCUT2D eigenvalue weighted by atomic mass is 35.5. The highest BCUT2D eigenvalue weighted by Crippen LogP contribution is 2.29. The molecular weight excluding hydrogens is 339 g/mol. The van der Waals surface area contributed by atoms with Crippen molar-refractivity contribution >= 4 is 40.6 Å². The van der Waals surface area contributed by atoms with E-state index in [0.717, 1.165) is 12.1 Å². The van der Waals surface area contributed by atoms with Crippen LogP contribution in [0.3, 0.4) is 0 Å². The van der Waals surface area contributed by atoms with Crippen LogP contribution in [0, 0.1) is 11.9 Å². The number of nitrogens with one attached hydrogen (secondary N) is 2. The molecule has 0 fully saturated rings. The summed E-state index contributed by atoms with van der Waals surface area (Å²) in [5.41, 5.74) is 0.307. The summed E-state index contributed by atoms with van der Waals surface area (Å²) in [6, 6.07) is 3.69. The van der Waals surface area contributed by atoms with Gasteiger partial charge in [-0.2, -0.15) is 13.8 Å². The first-order valence-corrected chi connectivity index (χ1v) is 6.64. The van der Waals surface area contributed by atoms with Gasteiger partial charge >= 0.3 is 6.03 Å². The lowest BCUT2D eigenvalue weighted by Crippen LogP contribution is -2.20. The third-order valence-electron chi connectivity index (χ3n) is 2.59. The molecule has 0 unspecified atom stereocenters. The van der Waals surface area contributed by atoms with Crippen molar-refractivity contribution in [2.75, 3.05) is 10.6 Å². The Kier molecular flexibility index (Phi) is 5.12. The van der Waals surface area contributed by atoms with E-state index in [0.29, 0.717) is 0 Å². The molecule has 9 heteroatoms. The van der Waals surface area contributed by atoms with Gasteiger partial charge in [0, 0.05) is 27.7 Å². The van der Waals surface area contributed by atoms with Crippen molar-refractivity contribution < 1.29 is 18.7 Å². The number of aromatic nitrogens is 1. The number of amides is 2. The van der Waals surface area contributed by atoms with Gasteiger partial charge in [-0.3, -0.25) is 0 Å². The summed E-state index contributed by atoms with van der Waals surface area (Å²) < 4.78 is 25.9. The second kappa shape index (κ2) is 6.87. The predicted octanol–water partition coefficient (Wildman–Crippen LogP) is 3.80. The zero-order valence-corrected chi connectivity index (χ0v) is 12.3. The largest absolute Gasteiger partial charge is 0.392 e. The van der Waals surface area contributed by atoms with Gasteiger partial charge in [0.15, 0.2) is 0 Å². The molecule has 5 nitrogen and oxygen atoms in total. The second-order valence-corrected chi connectivity index (χ2v) is 5.00. The molecule has 0 saturated heterocycles. The van der Waals surface area contributed by atoms with Crippen molar-refractivity contribution in [1.82, 2.24) is 4.98 Å². The van der Waals surface area contributed by atoms with Crippen LogP contribution in [0.2, 0.25) is 10.0 Å². The van der Waals surface area contributed by atoms with Gasteiger partial charge in [-0.1, -0.05) is 23.2 Å². The zero-order chi connectivity index (χ0) is 16.3. The van der Waals surface area contributed by atoms with E-state index in [1.54, 1.807) is 0 Å². The summed E-state index contributed by atoms with van der Waals surface area (Å²) in [6.45, 7) is -0.426. The molecule has 0 atom stereocenters. The molecule has 1 aromatic heterocycles. The number of rotatable bonds is 3. The standard InChI is InChI=1S/C13H9Cl2F2N3O2/c14-6-1-9(15)8(5-21)10(2-6)19-13(22)18-7-3-11(16)20-12(17)4-7/h1-4,21H,5H2,(H2,18,19,20,22). The second-order valence-electron chi connectivity index (χ2n) is 4.15. The van der Waals surface area contributed by atoms with Crippen LogP contribution in [0.5, 0.6) is 0 Å². The van der Waals surface area contributed by atoms with E-state index >= 15 is 0 Å². The number of anilines is 2. The molecule has 3 N–H and O–H groups in total. The number of urea groups is 1. The Morgan fingerprint density at radius 2 is 1.77 bits per heavy atom. The Morgan fingerprint density at radius 3 is 2.36 bits per heavy atom. The molecule has 0 radical (unpaired) electrons. The van der Waals surface area contributed by atoms with Crippen molar-refractivity contribution in [3.63, 3.8) is 0 Å². The van der Waals surface area contributed by atoms with Gasteiger partial charge in [0.25, 0.3) is 0 Å². The van der Waals surface area contributed by atoms with Crippen LogP contribution in [-0.2, 0) is 6.61 Å². The number of hydrogen-bond acceptors (Lipinski definition) is 3. The van der Waals surface area contributed by atoms with E-state index < -0.39 is 24.5 Å². The van der Waals surface area contributed by atoms with E-state index in [1.807, 2.05) is 0 Å². The van der Waals surface area contributed by atoms with Gasteiger partial charge in [-0.15, -0.1) is 0 Å². The Labute approximate surface area is 133 Å². The van der Waals surface area contributed by atoms with Gasteiger partial charge in [-0.25, -0.2) is 4.79 Å². The van der Waals surface area contributed by atoms with E-state index in [9.17, 15) is 18.7 Å². The third kappa shape index (κ3) is 4.03. The van der Waals surface area contributed by atoms with Crippen molar-refractivity contribution in [1.29, 1.82) is 0 Å². The van der Waals surface area contributed by atoms with Crippen LogP contribution in [0.25, 0.3) is 0 Å². The number of aliphatic hydroxyl groups excluding tert-OH is 1. The number of hydrogen-bond donors (Lipinski definition) is 3. The molecule has 1 aromatic carbocycles. The minimum atomic E-state index is -1.07. The number of aliphatic hydroxyl groups is 1. The zero-order valence-electron chi connectivity index (χ0n) is 10.8. The molecule has 116 valence electrons. The molecule has 2 aromatic rings. The summed E-state index contributed by atoms with van der Waals surface area (Å²) in [5, 5.41) is 14.3. The van der Waals surface area contributed by atoms with Crippen molar-refractivity contribution in [2.24, 2.45) is 0 Å². The highest BCUT2D eigenvalue weighted by molar-refractivity contribution is 6.35. The summed E-state index contributed by atoms with van der Waals surface area (Å²) in [6.07, 6.45) is 0. The molecule has 0 spiro atoms. The van der Waals surface area contributed by atoms with Crippen LogP contribution in [0.15, 0.2) is 24.3 Å². The number of pyridine rings is 1. The number of carbonyl (C=O) groups is 1. The minimum Gasteiger partial charge on any atom is -0.392 e. The van der Waals surface area contributed by atoms with Crippen LogP contribution in [0.1, 0.15) is 5.56 Å². The molecule has 1 heterocycles. The summed E-state index contributed by atoms with van der Waals surface area (Å²) in [7, 11) is 0. The molecular formula is C13H9Cl2F2N3O2. The molecule has 2 rings (SSSR count). The van der Waals surface area contributed by atoms with Gasteiger partial charge in [0.2, 0.25) is 11.9 Å². The fourth-order valence-electron chi connectivity index (χ4n) is 1.70. The van der Waals surface area contributed by atoms with E-state index in [2.05, 4.69) is 15.6 Å². The fourth-order valence-corrected chi connectivity index (χ4v) is 2.25. The maximum absolute atomic E-state index is 12.9. The number of nitrogens with zero attached hydrogens (tertiary/aromatic N) is 1. The normalized spacial score (nSPS) is 10.4. The van der Waals surface area contributed by atoms with Gasteiger partial charge < -0.3 is 15.7 Å². The van der Waals surface area contributed by atoms with E-state index in [1.165, 1.54) is 12.1 Å². The maximum Gasteiger partial charge on any atom is 0.323 e. The van der Waals surface area contributed by atoms with Gasteiger partial charge in [-0.05, 0) is 12.1 Å². The number of halogens is 4. The topological polar surface area (TPSA) is 74.2 Å². The molecule has 2 amide bonds. The first kappa shape index (κ1) is 16.4. The summed E-state index contributed by atoms with van der Waals surface area (Å²) in [4.78, 5) is 14.7. The highest BCUT2D eigenvalue weighted by Gasteiger charge is 2.12. The van der Waals surface area contributed by atoms with Crippen LogP contribution < -0.4 is 10.6 Å². The average Bonchev–Trinajstić information content (AvgIpc) is 2.36. The fraction of sp³-hybridized carbons (Fsp3) is 0.0769. The van der Waals surface area contributed by atoms with E-state index in [4.69, 9.17) is 23.2 Å². The summed E-state index contributed by atoms with van der Waals surface area (Å²) in [5.74, 6) is -2.14. The predicted molar refractivity (Wildman–Crippen MR) is 79.2 cm³/mol. The maximum atomic E-state index is 12.9. The van der Waals surface area contributed by atoms with Gasteiger partial charge in [0.05, 0.1) is 18.0 Å². The Morgan fingerprint density at radius 1 is 1.14 bits per heavy atom. The molecule has 0 aliphatic heterocycles. The van der Waals surface area contributed by atoms with Crippen molar-refractivity contribution in [2.45, 2.75) is 6.61 Å². The van der Waals surface area contributed by atoms with Crippen LogP contribution in [-0.4, -0.2) is 16.1 Å². The molecule has 0 saturated carbocycles. The van der Waals surface area contributed by atoms with Crippen LogP contribution >= 0.6 is 23.2 Å². The van der Waals surface area contributed by atoms with Crippen LogP contribution in [0.4, 0.5) is 25.0 Å². The molecule has 22 heavy (non-hydrogen) atoms. The minimum absolute atomic E-state index is 0.124. The lowest BCUT2D eigenvalue weighted by molar-refractivity contribution is 0.262. The SMILES string of the molecule is O=C(Nc1cc(F)nc(F)c1)Nc1cc(Cl)cc(Cl)c1CO. The quantitative estimate of drug-likeness (QED) is 0.739. The Bertz CT molecular complexity index is 708. The lowest BCUT2D eigenvalue weighted by Gasteiger charge is -2.12.